The molecule has 0 saturated heterocycles. The molecule has 0 spiro atoms. The highest BCUT2D eigenvalue weighted by atomic mass is 35.5. The Labute approximate surface area is 244 Å². The number of carbonyl (C=O) groups excluding carboxylic acids is 2. The van der Waals surface area contributed by atoms with Crippen molar-refractivity contribution >= 4 is 62.3 Å². The summed E-state index contributed by atoms with van der Waals surface area (Å²) in [6.45, 7) is 3.17. The molecule has 0 fully saturated rings. The predicted octanol–water partition coefficient (Wildman–Crippen LogP) is 5.50. The largest absolute Gasteiger partial charge is 0.355 e. The minimum atomic E-state index is -3.92. The summed E-state index contributed by atoms with van der Waals surface area (Å²) in [5.41, 5.74) is 2.15. The third kappa shape index (κ3) is 8.11. The molecule has 3 aromatic rings. The van der Waals surface area contributed by atoms with Gasteiger partial charge in [-0.25, -0.2) is 8.42 Å². The molecule has 208 valence electrons. The van der Waals surface area contributed by atoms with E-state index in [1.807, 2.05) is 30.3 Å². The molecule has 0 aliphatic heterocycles. The number of nitrogens with zero attached hydrogens (tertiary/aromatic N) is 2. The highest BCUT2D eigenvalue weighted by molar-refractivity contribution is 7.92. The molecule has 0 bridgehead atoms. The van der Waals surface area contributed by atoms with Gasteiger partial charge in [-0.15, -0.1) is 0 Å². The van der Waals surface area contributed by atoms with Crippen LogP contribution in [0.5, 0.6) is 0 Å². The Kier molecular flexibility index (Phi) is 10.7. The van der Waals surface area contributed by atoms with E-state index in [-0.39, 0.29) is 24.6 Å². The lowest BCUT2D eigenvalue weighted by atomic mass is 10.0. The van der Waals surface area contributed by atoms with E-state index < -0.39 is 28.5 Å². The fourth-order valence-corrected chi connectivity index (χ4v) is 5.73. The molecule has 11 heteroatoms. The van der Waals surface area contributed by atoms with Gasteiger partial charge in [0.05, 0.1) is 11.9 Å². The minimum absolute atomic E-state index is 0.113. The van der Waals surface area contributed by atoms with Crippen LogP contribution in [0.2, 0.25) is 15.1 Å². The average Bonchev–Trinajstić information content (AvgIpc) is 2.87. The Morgan fingerprint density at radius 3 is 2.18 bits per heavy atom. The molecule has 1 unspecified atom stereocenters. The number of sulfonamides is 1. The van der Waals surface area contributed by atoms with Gasteiger partial charge in [0.25, 0.3) is 0 Å². The van der Waals surface area contributed by atoms with E-state index in [1.165, 1.54) is 11.0 Å². The summed E-state index contributed by atoms with van der Waals surface area (Å²) in [5.74, 6) is -0.995. The summed E-state index contributed by atoms with van der Waals surface area (Å²) in [4.78, 5) is 28.8. The van der Waals surface area contributed by atoms with E-state index >= 15 is 0 Å². The van der Waals surface area contributed by atoms with E-state index in [2.05, 4.69) is 5.32 Å². The zero-order valence-corrected chi connectivity index (χ0v) is 24.9. The molecule has 0 aliphatic carbocycles. The van der Waals surface area contributed by atoms with Gasteiger partial charge in [-0.2, -0.15) is 0 Å². The number of amides is 2. The maximum absolute atomic E-state index is 14.1. The van der Waals surface area contributed by atoms with Crippen LogP contribution in [-0.2, 0) is 32.6 Å². The number of hydrogen-bond acceptors (Lipinski definition) is 4. The van der Waals surface area contributed by atoms with Gasteiger partial charge in [-0.3, -0.25) is 13.9 Å². The van der Waals surface area contributed by atoms with Crippen molar-refractivity contribution in [3.63, 3.8) is 0 Å². The molecule has 1 N–H and O–H groups in total. The quantitative estimate of drug-likeness (QED) is 0.311. The Morgan fingerprint density at radius 2 is 1.59 bits per heavy atom. The van der Waals surface area contributed by atoms with Crippen molar-refractivity contribution in [2.24, 2.45) is 0 Å². The number of likely N-dealkylation sites (N-methyl/N-ethyl adjacent to an activating group) is 1. The number of anilines is 1. The second-order valence-electron chi connectivity index (χ2n) is 9.02. The molecule has 39 heavy (non-hydrogen) atoms. The van der Waals surface area contributed by atoms with Crippen molar-refractivity contribution in [3.05, 3.63) is 98.5 Å². The molecule has 3 aromatic carbocycles. The zero-order chi connectivity index (χ0) is 28.7. The first-order valence-electron chi connectivity index (χ1n) is 12.2. The molecule has 1 atom stereocenters. The SMILES string of the molecule is CCNC(=O)C(Cc1ccccc1)N(Cc1c(Cl)cccc1Cl)C(=O)CN(c1cc(Cl)ccc1C)S(C)(=O)=O. The molecular formula is C28H30Cl3N3O4S. The van der Waals surface area contributed by atoms with Crippen LogP contribution in [0, 0.1) is 6.92 Å². The molecule has 3 rings (SSSR count). The first-order chi connectivity index (χ1) is 18.4. The first-order valence-corrected chi connectivity index (χ1v) is 15.2. The van der Waals surface area contributed by atoms with E-state index in [0.29, 0.717) is 32.7 Å². The van der Waals surface area contributed by atoms with E-state index in [1.54, 1.807) is 44.2 Å². The summed E-state index contributed by atoms with van der Waals surface area (Å²) < 4.78 is 26.8. The van der Waals surface area contributed by atoms with Gasteiger partial charge >= 0.3 is 0 Å². The average molecular weight is 611 g/mol. The monoisotopic (exact) mass is 609 g/mol. The van der Waals surface area contributed by atoms with Gasteiger partial charge in [0.15, 0.2) is 0 Å². The van der Waals surface area contributed by atoms with Crippen molar-refractivity contribution in [2.75, 3.05) is 23.7 Å². The van der Waals surface area contributed by atoms with Crippen molar-refractivity contribution < 1.29 is 18.0 Å². The predicted molar refractivity (Wildman–Crippen MR) is 158 cm³/mol. The summed E-state index contributed by atoms with van der Waals surface area (Å²) in [6.07, 6.45) is 1.21. The molecule has 0 aliphatic rings. The van der Waals surface area contributed by atoms with Crippen LogP contribution in [0.25, 0.3) is 0 Å². The van der Waals surface area contributed by atoms with Gasteiger partial charge < -0.3 is 10.2 Å². The molecular weight excluding hydrogens is 581 g/mol. The van der Waals surface area contributed by atoms with Crippen LogP contribution < -0.4 is 9.62 Å². The highest BCUT2D eigenvalue weighted by Gasteiger charge is 2.34. The summed E-state index contributed by atoms with van der Waals surface area (Å²) >= 11 is 19.1. The first kappa shape index (κ1) is 30.8. The lowest BCUT2D eigenvalue weighted by Crippen LogP contribution is -2.53. The highest BCUT2D eigenvalue weighted by Crippen LogP contribution is 2.29. The molecule has 0 saturated carbocycles. The fourth-order valence-electron chi connectivity index (χ4n) is 4.15. The molecule has 0 aromatic heterocycles. The van der Waals surface area contributed by atoms with Crippen molar-refractivity contribution in [2.45, 2.75) is 32.9 Å². The number of halogens is 3. The third-order valence-electron chi connectivity index (χ3n) is 6.13. The molecule has 7 nitrogen and oxygen atoms in total. The third-order valence-corrected chi connectivity index (χ3v) is 8.20. The van der Waals surface area contributed by atoms with E-state index in [4.69, 9.17) is 34.8 Å². The van der Waals surface area contributed by atoms with Gasteiger partial charge in [-0.05, 0) is 49.2 Å². The van der Waals surface area contributed by atoms with Crippen LogP contribution >= 0.6 is 34.8 Å². The second kappa shape index (κ2) is 13.5. The number of aryl methyl sites for hydroxylation is 1. The number of carbonyl (C=O) groups is 2. The van der Waals surface area contributed by atoms with Gasteiger partial charge in [0.1, 0.15) is 12.6 Å². The van der Waals surface area contributed by atoms with E-state index in [9.17, 15) is 18.0 Å². The Hall–Kier alpha value is -2.78. The summed E-state index contributed by atoms with van der Waals surface area (Å²) in [5, 5.41) is 3.76. The second-order valence-corrected chi connectivity index (χ2v) is 12.2. The molecule has 0 heterocycles. The summed E-state index contributed by atoms with van der Waals surface area (Å²) in [6, 6.07) is 18.0. The lowest BCUT2D eigenvalue weighted by molar-refractivity contribution is -0.140. The van der Waals surface area contributed by atoms with Crippen LogP contribution in [0.3, 0.4) is 0 Å². The minimum Gasteiger partial charge on any atom is -0.355 e. The van der Waals surface area contributed by atoms with E-state index in [0.717, 1.165) is 16.1 Å². The zero-order valence-electron chi connectivity index (χ0n) is 21.8. The van der Waals surface area contributed by atoms with Gasteiger partial charge in [-0.1, -0.05) is 77.3 Å². The number of benzene rings is 3. The summed E-state index contributed by atoms with van der Waals surface area (Å²) in [7, 11) is -3.92. The fraction of sp³-hybridized carbons (Fsp3) is 0.286. The van der Waals surface area contributed by atoms with Crippen molar-refractivity contribution in [3.8, 4) is 0 Å². The van der Waals surface area contributed by atoms with Gasteiger partial charge in [0.2, 0.25) is 21.8 Å². The smallest absolute Gasteiger partial charge is 0.244 e. The normalized spacial score (nSPS) is 12.1. The Morgan fingerprint density at radius 1 is 0.949 bits per heavy atom. The van der Waals surface area contributed by atoms with Crippen LogP contribution in [-0.4, -0.2) is 50.5 Å². The van der Waals surface area contributed by atoms with Crippen molar-refractivity contribution in [1.82, 2.24) is 10.2 Å². The number of rotatable bonds is 11. The topological polar surface area (TPSA) is 86.8 Å². The standard InChI is InChI=1S/C28H30Cl3N3O4S/c1-4-32-28(36)26(15-20-9-6-5-7-10-20)33(17-22-23(30)11-8-12-24(22)31)27(35)18-34(39(3,37)38)25-16-21(29)14-13-19(25)2/h5-14,16,26H,4,15,17-18H2,1-3H3,(H,32,36). The Bertz CT molecular complexity index is 1410. The maximum Gasteiger partial charge on any atom is 0.244 e. The van der Waals surface area contributed by atoms with Crippen LogP contribution in [0.15, 0.2) is 66.7 Å². The van der Waals surface area contributed by atoms with Crippen LogP contribution in [0.1, 0.15) is 23.6 Å². The number of hydrogen-bond donors (Lipinski definition) is 1. The molecule has 0 radical (unpaired) electrons. The van der Waals surface area contributed by atoms with Gasteiger partial charge in [0, 0.05) is 40.1 Å². The maximum atomic E-state index is 14.1. The van der Waals surface area contributed by atoms with Crippen LogP contribution in [0.4, 0.5) is 5.69 Å². The number of nitrogens with one attached hydrogen (secondary N) is 1. The molecule has 2 amide bonds. The Balaban J connectivity index is 2.11. The van der Waals surface area contributed by atoms with Crippen molar-refractivity contribution in [1.29, 1.82) is 0 Å². The lowest BCUT2D eigenvalue weighted by Gasteiger charge is -2.34.